The molecule has 2 saturated heterocycles. The monoisotopic (exact) mass is 562 g/mol. The van der Waals surface area contributed by atoms with Crippen LogP contribution in [-0.2, 0) is 30.1 Å². The van der Waals surface area contributed by atoms with Gasteiger partial charge in [0, 0.05) is 12.8 Å². The summed E-state index contributed by atoms with van der Waals surface area (Å²) < 4.78 is 70.3. The van der Waals surface area contributed by atoms with Crippen LogP contribution in [0.2, 0.25) is 0 Å². The lowest BCUT2D eigenvalue weighted by Crippen LogP contribution is -2.90. The molecule has 8 N–H and O–H groups in total. The van der Waals surface area contributed by atoms with Crippen LogP contribution in [0.1, 0.15) is 18.4 Å². The summed E-state index contributed by atoms with van der Waals surface area (Å²) in [5, 5.41) is 25.3. The molecule has 14 nitrogen and oxygen atoms in total. The van der Waals surface area contributed by atoms with Gasteiger partial charge >= 0.3 is 12.1 Å². The van der Waals surface area contributed by atoms with Crippen molar-refractivity contribution in [3.8, 4) is 0 Å². The predicted molar refractivity (Wildman–Crippen MR) is 119 cm³/mol. The number of rotatable bonds is 5. The van der Waals surface area contributed by atoms with Crippen LogP contribution in [0.4, 0.5) is 13.2 Å². The first-order chi connectivity index (χ1) is 17.6. The fourth-order valence-corrected chi connectivity index (χ4v) is 6.41. The van der Waals surface area contributed by atoms with E-state index < -0.39 is 74.8 Å². The Kier molecular flexibility index (Phi) is 5.68. The topological polar surface area (TPSA) is 215 Å². The highest BCUT2D eigenvalue weighted by Crippen LogP contribution is 2.43. The molecule has 1 spiro atoms. The van der Waals surface area contributed by atoms with Crippen molar-refractivity contribution in [1.82, 2.24) is 15.1 Å². The highest BCUT2D eigenvalue weighted by Gasteiger charge is 2.77. The van der Waals surface area contributed by atoms with E-state index in [0.29, 0.717) is 12.1 Å². The van der Waals surface area contributed by atoms with Crippen LogP contribution in [0, 0.1) is 0 Å². The molecular formula is C20H23F3N7O7S+. The number of nitrogens with one attached hydrogen (secondary N) is 2. The summed E-state index contributed by atoms with van der Waals surface area (Å²) in [7, 11) is -4.96. The Labute approximate surface area is 212 Å². The number of hydrogen-bond donors (Lipinski definition) is 6. The molecule has 0 radical (unpaired) electrons. The van der Waals surface area contributed by atoms with Crippen LogP contribution >= 0.6 is 0 Å². The number of likely N-dealkylation sites (tertiary alicyclic amines) is 1. The zero-order valence-corrected chi connectivity index (χ0v) is 20.2. The Morgan fingerprint density at radius 1 is 1.21 bits per heavy atom. The average Bonchev–Trinajstić information content (AvgIpc) is 3.41. The number of imide groups is 1. The average molecular weight is 563 g/mol. The van der Waals surface area contributed by atoms with Crippen molar-refractivity contribution in [2.24, 2.45) is 16.5 Å². The Bertz CT molecular complexity index is 1370. The minimum atomic E-state index is -4.96. The molecule has 4 atom stereocenters. The van der Waals surface area contributed by atoms with E-state index in [9.17, 15) is 41.4 Å². The zero-order chi connectivity index (χ0) is 27.8. The molecule has 1 aromatic carbocycles. The first kappa shape index (κ1) is 26.1. The Hall–Kier alpha value is -3.48. The van der Waals surface area contributed by atoms with Gasteiger partial charge in [-0.2, -0.15) is 21.6 Å². The fraction of sp³-hybridized carbons (Fsp3) is 0.500. The number of aliphatic hydroxyl groups is 2. The SMILES string of the molecule is NC1=N[C@@H](CN2C(=O)CCC2=O)[C@@H]2[NH+]=C(N)N[C@]23N1C[C@H](OS(=O)(=O)c1cccc(C(F)(F)F)c1)C3(O)O. The molecule has 5 rings (SSSR count). The third-order valence-corrected chi connectivity index (χ3v) is 8.36. The molecule has 1 aromatic rings. The molecule has 0 saturated carbocycles. The van der Waals surface area contributed by atoms with E-state index in [1.807, 2.05) is 0 Å². The van der Waals surface area contributed by atoms with Crippen molar-refractivity contribution >= 4 is 33.9 Å². The van der Waals surface area contributed by atoms with Gasteiger partial charge in [-0.1, -0.05) is 6.07 Å². The van der Waals surface area contributed by atoms with Crippen LogP contribution in [0.5, 0.6) is 0 Å². The van der Waals surface area contributed by atoms with Crippen LogP contribution in [0.25, 0.3) is 0 Å². The first-order valence-electron chi connectivity index (χ1n) is 11.2. The molecular weight excluding hydrogens is 539 g/mol. The quantitative estimate of drug-likeness (QED) is 0.115. The summed E-state index contributed by atoms with van der Waals surface area (Å²) in [5.41, 5.74) is 8.65. The van der Waals surface area contributed by atoms with E-state index in [1.54, 1.807) is 0 Å². The lowest BCUT2D eigenvalue weighted by molar-refractivity contribution is -0.522. The van der Waals surface area contributed by atoms with E-state index in [0.717, 1.165) is 21.9 Å². The van der Waals surface area contributed by atoms with Gasteiger partial charge in [0.2, 0.25) is 11.8 Å². The highest BCUT2D eigenvalue weighted by molar-refractivity contribution is 7.86. The minimum absolute atomic E-state index is 0.000122. The number of carbonyl (C=O) groups is 2. The number of guanidine groups is 2. The molecule has 206 valence electrons. The number of alkyl halides is 3. The molecule has 2 fully saturated rings. The summed E-state index contributed by atoms with van der Waals surface area (Å²) in [5.74, 6) is -4.50. The summed E-state index contributed by atoms with van der Waals surface area (Å²) in [6, 6.07) is 0.526. The molecule has 0 aliphatic carbocycles. The second-order valence-corrected chi connectivity index (χ2v) is 10.9. The summed E-state index contributed by atoms with van der Waals surface area (Å²) in [6.07, 6.45) is -6.83. The molecule has 4 aliphatic heterocycles. The van der Waals surface area contributed by atoms with Gasteiger partial charge in [-0.3, -0.25) is 34.3 Å². The summed E-state index contributed by atoms with van der Waals surface area (Å²) in [4.78, 5) is 32.6. The van der Waals surface area contributed by atoms with Crippen LogP contribution in [0.3, 0.4) is 0 Å². The third kappa shape index (κ3) is 3.77. The predicted octanol–water partition coefficient (Wildman–Crippen LogP) is -4.31. The van der Waals surface area contributed by atoms with Crippen molar-refractivity contribution in [3.63, 3.8) is 0 Å². The Balaban J connectivity index is 1.48. The van der Waals surface area contributed by atoms with Gasteiger partial charge in [0.15, 0.2) is 18.1 Å². The largest absolute Gasteiger partial charge is 0.416 e. The number of halogens is 3. The Morgan fingerprint density at radius 3 is 2.50 bits per heavy atom. The lowest BCUT2D eigenvalue weighted by atomic mass is 9.85. The van der Waals surface area contributed by atoms with Crippen molar-refractivity contribution in [2.75, 3.05) is 13.1 Å². The van der Waals surface area contributed by atoms with Crippen molar-refractivity contribution in [3.05, 3.63) is 29.8 Å². The molecule has 0 bridgehead atoms. The number of aliphatic imine (C=N–C) groups is 1. The molecule has 0 aromatic heterocycles. The van der Waals surface area contributed by atoms with E-state index in [2.05, 4.69) is 15.3 Å². The van der Waals surface area contributed by atoms with Gasteiger partial charge in [0.05, 0.1) is 23.5 Å². The van der Waals surface area contributed by atoms with Gasteiger partial charge in [-0.05, 0) is 18.2 Å². The first-order valence-corrected chi connectivity index (χ1v) is 12.7. The standard InChI is InChI=1S/C20H22F3N7O7S/c21-20(22,23)9-2-1-3-10(6-9)38(35,36)37-12-8-30-17(25)26-11(7-29-13(31)4-5-14(29)32)15-18(30,19(12,33)34)28-16(24)27-15/h1-3,6,11-12,15,33-34H,4-5,7-8H2,(H2,25,26)(H3,24,27,28)/p+1/t11-,12-,15-,18-/m0/s1. The maximum atomic E-state index is 13.1. The van der Waals surface area contributed by atoms with Gasteiger partial charge < -0.3 is 15.9 Å². The van der Waals surface area contributed by atoms with Gasteiger partial charge in [0.1, 0.15) is 6.04 Å². The maximum absolute atomic E-state index is 13.1. The van der Waals surface area contributed by atoms with E-state index in [1.165, 1.54) is 0 Å². The van der Waals surface area contributed by atoms with Crippen LogP contribution in [0.15, 0.2) is 34.2 Å². The van der Waals surface area contributed by atoms with Crippen molar-refractivity contribution < 1.29 is 50.6 Å². The fourth-order valence-electron chi connectivity index (χ4n) is 5.29. The van der Waals surface area contributed by atoms with E-state index >= 15 is 0 Å². The molecule has 2 amide bonds. The molecule has 0 unspecified atom stereocenters. The third-order valence-electron chi connectivity index (χ3n) is 7.05. The van der Waals surface area contributed by atoms with Crippen LogP contribution in [-0.4, -0.2) is 94.9 Å². The minimum Gasteiger partial charge on any atom is -0.370 e. The molecule has 4 aliphatic rings. The van der Waals surface area contributed by atoms with Crippen LogP contribution < -0.4 is 21.8 Å². The number of amides is 2. The number of nitrogens with two attached hydrogens (primary N) is 2. The highest BCUT2D eigenvalue weighted by atomic mass is 32.2. The summed E-state index contributed by atoms with van der Waals surface area (Å²) >= 11 is 0. The lowest BCUT2D eigenvalue weighted by Gasteiger charge is -2.46. The van der Waals surface area contributed by atoms with Gasteiger partial charge in [0.25, 0.3) is 21.6 Å². The number of hydrogen-bond acceptors (Lipinski definition) is 12. The summed E-state index contributed by atoms with van der Waals surface area (Å²) in [6.45, 7) is -0.877. The number of nitrogens with zero attached hydrogens (tertiary/aromatic N) is 3. The smallest absolute Gasteiger partial charge is 0.370 e. The van der Waals surface area contributed by atoms with Gasteiger partial charge in [-0.25, -0.2) is 10.3 Å². The molecule has 4 heterocycles. The van der Waals surface area contributed by atoms with Crippen molar-refractivity contribution in [2.45, 2.75) is 53.6 Å². The zero-order valence-electron chi connectivity index (χ0n) is 19.3. The number of carbonyl (C=O) groups excluding carboxylic acids is 2. The van der Waals surface area contributed by atoms with Crippen molar-refractivity contribution in [1.29, 1.82) is 0 Å². The molecule has 38 heavy (non-hydrogen) atoms. The van der Waals surface area contributed by atoms with E-state index in [4.69, 9.17) is 15.7 Å². The Morgan fingerprint density at radius 2 is 1.87 bits per heavy atom. The molecule has 18 heteroatoms. The second kappa shape index (κ2) is 8.26. The number of benzene rings is 1. The normalized spacial score (nSPS) is 30.6. The van der Waals surface area contributed by atoms with E-state index in [-0.39, 0.29) is 31.3 Å². The second-order valence-electron chi connectivity index (χ2n) is 9.28. The maximum Gasteiger partial charge on any atom is 0.416 e. The van der Waals surface area contributed by atoms with Gasteiger partial charge in [-0.15, -0.1) is 0 Å².